The van der Waals surface area contributed by atoms with Crippen LogP contribution in [0.2, 0.25) is 5.02 Å². The average Bonchev–Trinajstić information content (AvgIpc) is 2.49. The number of nitrogens with zero attached hydrogens (tertiary/aromatic N) is 1. The largest absolute Gasteiger partial charge is 0.376 e. The van der Waals surface area contributed by atoms with Crippen molar-refractivity contribution in [2.75, 3.05) is 17.2 Å². The molecule has 0 saturated carbocycles. The lowest BCUT2D eigenvalue weighted by Gasteiger charge is -2.10. The topological polar surface area (TPSA) is 64.9 Å². The number of rotatable bonds is 4. The van der Waals surface area contributed by atoms with Crippen LogP contribution in [0.5, 0.6) is 0 Å². The fourth-order valence-corrected chi connectivity index (χ4v) is 1.97. The molecule has 0 bridgehead atoms. The van der Waals surface area contributed by atoms with E-state index in [1.807, 2.05) is 19.1 Å². The first-order valence-corrected chi connectivity index (χ1v) is 6.76. The summed E-state index contributed by atoms with van der Waals surface area (Å²) < 4.78 is 0. The molecule has 0 aliphatic heterocycles. The highest BCUT2D eigenvalue weighted by atomic mass is 35.5. The SMILES string of the molecule is Cc1ccc(Cl)cc1NCC(=O)Nc1ccc(C#N)cc1. The molecule has 0 spiro atoms. The summed E-state index contributed by atoms with van der Waals surface area (Å²) in [7, 11) is 0. The Labute approximate surface area is 128 Å². The summed E-state index contributed by atoms with van der Waals surface area (Å²) in [6.45, 7) is 2.08. The van der Waals surface area contributed by atoms with Gasteiger partial charge in [0.2, 0.25) is 5.91 Å². The van der Waals surface area contributed by atoms with Crippen molar-refractivity contribution >= 4 is 28.9 Å². The lowest BCUT2D eigenvalue weighted by atomic mass is 10.2. The van der Waals surface area contributed by atoms with Gasteiger partial charge in [-0.3, -0.25) is 4.79 Å². The van der Waals surface area contributed by atoms with Gasteiger partial charge in [0, 0.05) is 16.4 Å². The van der Waals surface area contributed by atoms with Gasteiger partial charge in [-0.2, -0.15) is 5.26 Å². The van der Waals surface area contributed by atoms with Crippen LogP contribution in [0.1, 0.15) is 11.1 Å². The first kappa shape index (κ1) is 14.9. The summed E-state index contributed by atoms with van der Waals surface area (Å²) in [5.74, 6) is -0.168. The molecule has 0 heterocycles. The maximum Gasteiger partial charge on any atom is 0.243 e. The fourth-order valence-electron chi connectivity index (χ4n) is 1.79. The summed E-state index contributed by atoms with van der Waals surface area (Å²) in [6.07, 6.45) is 0. The minimum atomic E-state index is -0.168. The minimum absolute atomic E-state index is 0.140. The molecule has 0 unspecified atom stereocenters. The van der Waals surface area contributed by atoms with E-state index in [4.69, 9.17) is 16.9 Å². The first-order chi connectivity index (χ1) is 10.1. The molecule has 21 heavy (non-hydrogen) atoms. The predicted octanol–water partition coefficient (Wildman–Crippen LogP) is 3.57. The Bertz CT molecular complexity index is 690. The third kappa shape index (κ3) is 4.23. The molecule has 2 aromatic rings. The number of hydrogen-bond acceptors (Lipinski definition) is 3. The second-order valence-electron chi connectivity index (χ2n) is 4.55. The van der Waals surface area contributed by atoms with E-state index in [1.54, 1.807) is 36.4 Å². The molecule has 0 aliphatic carbocycles. The fraction of sp³-hybridized carbons (Fsp3) is 0.125. The van der Waals surface area contributed by atoms with Gasteiger partial charge in [-0.25, -0.2) is 0 Å². The van der Waals surface area contributed by atoms with Gasteiger partial charge in [-0.15, -0.1) is 0 Å². The second kappa shape index (κ2) is 6.78. The highest BCUT2D eigenvalue weighted by Crippen LogP contribution is 2.19. The maximum absolute atomic E-state index is 11.9. The smallest absolute Gasteiger partial charge is 0.243 e. The molecule has 0 saturated heterocycles. The van der Waals surface area contributed by atoms with Gasteiger partial charge < -0.3 is 10.6 Å². The normalized spacial score (nSPS) is 9.76. The van der Waals surface area contributed by atoms with Gasteiger partial charge >= 0.3 is 0 Å². The zero-order valence-corrected chi connectivity index (χ0v) is 12.2. The minimum Gasteiger partial charge on any atom is -0.376 e. The Hall–Kier alpha value is -2.51. The van der Waals surface area contributed by atoms with E-state index in [0.717, 1.165) is 11.3 Å². The van der Waals surface area contributed by atoms with Crippen molar-refractivity contribution in [3.05, 3.63) is 58.6 Å². The van der Waals surface area contributed by atoms with Gasteiger partial charge in [0.05, 0.1) is 18.2 Å². The van der Waals surface area contributed by atoms with Crippen molar-refractivity contribution in [1.82, 2.24) is 0 Å². The van der Waals surface area contributed by atoms with Gasteiger partial charge in [0.25, 0.3) is 0 Å². The highest BCUT2D eigenvalue weighted by Gasteiger charge is 2.04. The number of hydrogen-bond donors (Lipinski definition) is 2. The molecule has 1 amide bonds. The van der Waals surface area contributed by atoms with Crippen LogP contribution in [0.4, 0.5) is 11.4 Å². The molecule has 2 aromatic carbocycles. The third-order valence-corrected chi connectivity index (χ3v) is 3.17. The van der Waals surface area contributed by atoms with Gasteiger partial charge in [0.15, 0.2) is 0 Å². The Balaban J connectivity index is 1.92. The average molecular weight is 300 g/mol. The lowest BCUT2D eigenvalue weighted by molar-refractivity contribution is -0.114. The summed E-state index contributed by atoms with van der Waals surface area (Å²) >= 11 is 5.92. The molecule has 2 N–H and O–H groups in total. The van der Waals surface area contributed by atoms with Crippen LogP contribution in [0, 0.1) is 18.3 Å². The van der Waals surface area contributed by atoms with E-state index < -0.39 is 0 Å². The number of carbonyl (C=O) groups excluding carboxylic acids is 1. The van der Waals surface area contributed by atoms with E-state index in [2.05, 4.69) is 10.6 Å². The van der Waals surface area contributed by atoms with Crippen molar-refractivity contribution in [3.8, 4) is 6.07 Å². The first-order valence-electron chi connectivity index (χ1n) is 6.38. The van der Waals surface area contributed by atoms with Gasteiger partial charge in [0.1, 0.15) is 0 Å². The quantitative estimate of drug-likeness (QED) is 0.907. The third-order valence-electron chi connectivity index (χ3n) is 2.94. The van der Waals surface area contributed by atoms with Crippen LogP contribution in [-0.2, 0) is 4.79 Å². The molecule has 0 radical (unpaired) electrons. The van der Waals surface area contributed by atoms with Crippen molar-refractivity contribution in [1.29, 1.82) is 5.26 Å². The van der Waals surface area contributed by atoms with Crippen molar-refractivity contribution < 1.29 is 4.79 Å². The standard InChI is InChI=1S/C16H14ClN3O/c1-11-2-5-13(17)8-15(11)19-10-16(21)20-14-6-3-12(9-18)4-7-14/h2-8,19H,10H2,1H3,(H,20,21). The molecular formula is C16H14ClN3O. The number of anilines is 2. The second-order valence-corrected chi connectivity index (χ2v) is 4.99. The Morgan fingerprint density at radius 3 is 2.62 bits per heavy atom. The number of nitriles is 1. The maximum atomic E-state index is 11.9. The van der Waals surface area contributed by atoms with Crippen molar-refractivity contribution in [2.24, 2.45) is 0 Å². The predicted molar refractivity (Wildman–Crippen MR) is 84.5 cm³/mol. The molecular weight excluding hydrogens is 286 g/mol. The van der Waals surface area contributed by atoms with Crippen LogP contribution in [-0.4, -0.2) is 12.5 Å². The van der Waals surface area contributed by atoms with Crippen molar-refractivity contribution in [3.63, 3.8) is 0 Å². The van der Waals surface area contributed by atoms with E-state index >= 15 is 0 Å². The summed E-state index contributed by atoms with van der Waals surface area (Å²) in [6, 6.07) is 14.2. The summed E-state index contributed by atoms with van der Waals surface area (Å²) in [4.78, 5) is 11.9. The monoisotopic (exact) mass is 299 g/mol. The summed E-state index contributed by atoms with van der Waals surface area (Å²) in [5, 5.41) is 15.1. The van der Waals surface area contributed by atoms with Gasteiger partial charge in [-0.1, -0.05) is 17.7 Å². The zero-order chi connectivity index (χ0) is 15.2. The number of carbonyl (C=O) groups is 1. The van der Waals surface area contributed by atoms with Crippen LogP contribution in [0.15, 0.2) is 42.5 Å². The molecule has 0 atom stereocenters. The van der Waals surface area contributed by atoms with E-state index in [1.165, 1.54) is 0 Å². The molecule has 0 aliphatic rings. The molecule has 0 aromatic heterocycles. The van der Waals surface area contributed by atoms with Crippen LogP contribution >= 0.6 is 11.6 Å². The van der Waals surface area contributed by atoms with Crippen LogP contribution < -0.4 is 10.6 Å². The zero-order valence-electron chi connectivity index (χ0n) is 11.5. The molecule has 4 nitrogen and oxygen atoms in total. The number of halogens is 1. The number of aryl methyl sites for hydroxylation is 1. The van der Waals surface area contributed by atoms with Crippen molar-refractivity contribution in [2.45, 2.75) is 6.92 Å². The molecule has 2 rings (SSSR count). The summed E-state index contributed by atoms with van der Waals surface area (Å²) in [5.41, 5.74) is 3.06. The van der Waals surface area contributed by atoms with E-state index in [0.29, 0.717) is 16.3 Å². The number of nitrogens with one attached hydrogen (secondary N) is 2. The van der Waals surface area contributed by atoms with Crippen LogP contribution in [0.3, 0.4) is 0 Å². The molecule has 5 heteroatoms. The van der Waals surface area contributed by atoms with Crippen LogP contribution in [0.25, 0.3) is 0 Å². The molecule has 106 valence electrons. The van der Waals surface area contributed by atoms with E-state index in [9.17, 15) is 4.79 Å². The Morgan fingerprint density at radius 2 is 1.95 bits per heavy atom. The highest BCUT2D eigenvalue weighted by molar-refractivity contribution is 6.30. The number of amides is 1. The van der Waals surface area contributed by atoms with E-state index in [-0.39, 0.29) is 12.5 Å². The van der Waals surface area contributed by atoms with Gasteiger partial charge in [-0.05, 0) is 48.9 Å². The lowest BCUT2D eigenvalue weighted by Crippen LogP contribution is -2.22. The number of benzene rings is 2. The Morgan fingerprint density at radius 1 is 1.24 bits per heavy atom. The molecule has 0 fully saturated rings. The Kier molecular flexibility index (Phi) is 4.81.